The number of benzene rings is 1. The Kier molecular flexibility index (Phi) is 6.21. The molecular weight excluding hydrogens is 340 g/mol. The van der Waals surface area contributed by atoms with Gasteiger partial charge in [-0.2, -0.15) is 0 Å². The van der Waals surface area contributed by atoms with Crippen molar-refractivity contribution in [3.05, 3.63) is 29.8 Å². The lowest BCUT2D eigenvalue weighted by Gasteiger charge is -2.30. The Morgan fingerprint density at radius 2 is 1.80 bits per heavy atom. The van der Waals surface area contributed by atoms with Crippen LogP contribution in [0.4, 0.5) is 5.69 Å². The van der Waals surface area contributed by atoms with E-state index in [2.05, 4.69) is 6.92 Å². The van der Waals surface area contributed by atoms with Crippen molar-refractivity contribution in [2.75, 3.05) is 29.5 Å². The van der Waals surface area contributed by atoms with Crippen LogP contribution in [0.15, 0.2) is 24.3 Å². The molecule has 1 atom stereocenters. The highest BCUT2D eigenvalue weighted by Gasteiger charge is 2.34. The summed E-state index contributed by atoms with van der Waals surface area (Å²) in [5.74, 6) is -0.305. The molecule has 25 heavy (non-hydrogen) atoms. The first-order valence-electron chi connectivity index (χ1n) is 8.64. The molecule has 1 aromatic carbocycles. The van der Waals surface area contributed by atoms with Gasteiger partial charge in [0.1, 0.15) is 6.54 Å². The second-order valence-corrected chi connectivity index (χ2v) is 8.59. The van der Waals surface area contributed by atoms with Gasteiger partial charge in [-0.3, -0.25) is 9.59 Å². The molecule has 2 amide bonds. The molecule has 0 spiro atoms. The van der Waals surface area contributed by atoms with Crippen molar-refractivity contribution in [2.24, 2.45) is 0 Å². The van der Waals surface area contributed by atoms with Crippen LogP contribution in [0, 0.1) is 0 Å². The summed E-state index contributed by atoms with van der Waals surface area (Å²) in [5.41, 5.74) is 1.83. The average Bonchev–Trinajstić information content (AvgIpc) is 2.93. The van der Waals surface area contributed by atoms with Crippen LogP contribution in [0.1, 0.15) is 32.8 Å². The first-order valence-corrected chi connectivity index (χ1v) is 10.5. The highest BCUT2D eigenvalue weighted by atomic mass is 32.2. The standard InChI is InChI=1S/C18H26N2O4S/c1-4-15-6-8-16(9-7-15)20(14(3)21)12-18(22)19(5-2)17-10-11-25(23,24)13-17/h6-9,17H,4-5,10-13H2,1-3H3. The predicted octanol–water partition coefficient (Wildman–Crippen LogP) is 1.64. The van der Waals surface area contributed by atoms with Gasteiger partial charge in [-0.05, 0) is 37.5 Å². The average molecular weight is 366 g/mol. The van der Waals surface area contributed by atoms with E-state index in [1.807, 2.05) is 31.2 Å². The minimum absolute atomic E-state index is 0.0118. The summed E-state index contributed by atoms with van der Waals surface area (Å²) in [5, 5.41) is 0. The van der Waals surface area contributed by atoms with Crippen molar-refractivity contribution in [1.82, 2.24) is 4.90 Å². The molecule has 2 rings (SSSR count). The Morgan fingerprint density at radius 1 is 1.16 bits per heavy atom. The summed E-state index contributed by atoms with van der Waals surface area (Å²) < 4.78 is 23.4. The van der Waals surface area contributed by atoms with Gasteiger partial charge in [0.2, 0.25) is 11.8 Å². The molecule has 7 heteroatoms. The van der Waals surface area contributed by atoms with Crippen LogP contribution in [0.25, 0.3) is 0 Å². The Bertz CT molecular complexity index is 728. The van der Waals surface area contributed by atoms with Crippen molar-refractivity contribution in [3.8, 4) is 0 Å². The molecule has 1 aromatic rings. The number of hydrogen-bond donors (Lipinski definition) is 0. The van der Waals surface area contributed by atoms with Crippen molar-refractivity contribution in [2.45, 2.75) is 39.7 Å². The zero-order valence-corrected chi connectivity index (χ0v) is 15.9. The highest BCUT2D eigenvalue weighted by molar-refractivity contribution is 7.91. The summed E-state index contributed by atoms with van der Waals surface area (Å²) in [4.78, 5) is 27.8. The first kappa shape index (κ1) is 19.4. The Morgan fingerprint density at radius 3 is 2.24 bits per heavy atom. The number of aryl methyl sites for hydroxylation is 1. The molecule has 0 aliphatic carbocycles. The van der Waals surface area contributed by atoms with Crippen LogP contribution in [0.5, 0.6) is 0 Å². The van der Waals surface area contributed by atoms with Gasteiger partial charge in [0.25, 0.3) is 0 Å². The zero-order valence-electron chi connectivity index (χ0n) is 15.1. The Labute approximate surface area is 149 Å². The van der Waals surface area contributed by atoms with Crippen molar-refractivity contribution < 1.29 is 18.0 Å². The number of carbonyl (C=O) groups is 2. The number of nitrogens with zero attached hydrogens (tertiary/aromatic N) is 2. The van der Waals surface area contributed by atoms with Crippen LogP contribution in [0.3, 0.4) is 0 Å². The molecule has 1 saturated heterocycles. The third kappa shape index (κ3) is 4.81. The van der Waals surface area contributed by atoms with Crippen LogP contribution in [0.2, 0.25) is 0 Å². The molecule has 1 fully saturated rings. The van der Waals surface area contributed by atoms with E-state index in [-0.39, 0.29) is 35.9 Å². The molecule has 1 aliphatic rings. The number of likely N-dealkylation sites (N-methyl/N-ethyl adjacent to an activating group) is 1. The fourth-order valence-corrected chi connectivity index (χ4v) is 4.91. The fourth-order valence-electron chi connectivity index (χ4n) is 3.18. The largest absolute Gasteiger partial charge is 0.337 e. The second-order valence-electron chi connectivity index (χ2n) is 6.36. The van der Waals surface area contributed by atoms with E-state index in [4.69, 9.17) is 0 Å². The van der Waals surface area contributed by atoms with E-state index >= 15 is 0 Å². The second kappa shape index (κ2) is 7.99. The smallest absolute Gasteiger partial charge is 0.242 e. The summed E-state index contributed by atoms with van der Waals surface area (Å²) in [6, 6.07) is 7.26. The number of amides is 2. The van der Waals surface area contributed by atoms with Crippen LogP contribution in [-0.4, -0.2) is 55.8 Å². The minimum atomic E-state index is -3.06. The first-order chi connectivity index (χ1) is 11.8. The molecule has 1 aliphatic heterocycles. The SMILES string of the molecule is CCc1ccc(N(CC(=O)N(CC)C2CCS(=O)(=O)C2)C(C)=O)cc1. The summed E-state index contributed by atoms with van der Waals surface area (Å²) in [6.45, 7) is 5.66. The van der Waals surface area contributed by atoms with Gasteiger partial charge in [-0.25, -0.2) is 8.42 Å². The number of carbonyl (C=O) groups excluding carboxylic acids is 2. The van der Waals surface area contributed by atoms with Crippen molar-refractivity contribution >= 4 is 27.3 Å². The number of anilines is 1. The van der Waals surface area contributed by atoms with Crippen LogP contribution < -0.4 is 4.90 Å². The molecule has 0 aromatic heterocycles. The Balaban J connectivity index is 2.14. The van der Waals surface area contributed by atoms with Crippen LogP contribution >= 0.6 is 0 Å². The lowest BCUT2D eigenvalue weighted by atomic mass is 10.1. The van der Waals surface area contributed by atoms with E-state index in [9.17, 15) is 18.0 Å². The van der Waals surface area contributed by atoms with E-state index in [0.29, 0.717) is 18.7 Å². The van der Waals surface area contributed by atoms with Gasteiger partial charge < -0.3 is 9.80 Å². The number of sulfone groups is 1. The lowest BCUT2D eigenvalue weighted by molar-refractivity contribution is -0.132. The maximum atomic E-state index is 12.7. The van der Waals surface area contributed by atoms with Gasteiger partial charge in [-0.15, -0.1) is 0 Å². The van der Waals surface area contributed by atoms with Gasteiger partial charge in [-0.1, -0.05) is 19.1 Å². The highest BCUT2D eigenvalue weighted by Crippen LogP contribution is 2.20. The summed E-state index contributed by atoms with van der Waals surface area (Å²) in [6.07, 6.45) is 1.37. The lowest BCUT2D eigenvalue weighted by Crippen LogP contribution is -2.47. The topological polar surface area (TPSA) is 74.8 Å². The Hall–Kier alpha value is -1.89. The predicted molar refractivity (Wildman–Crippen MR) is 98.3 cm³/mol. The van der Waals surface area contributed by atoms with E-state index in [0.717, 1.165) is 12.0 Å². The van der Waals surface area contributed by atoms with Gasteiger partial charge in [0.15, 0.2) is 9.84 Å². The van der Waals surface area contributed by atoms with Crippen LogP contribution in [-0.2, 0) is 25.8 Å². The normalized spacial score (nSPS) is 18.8. The van der Waals surface area contributed by atoms with E-state index < -0.39 is 9.84 Å². The molecule has 0 bridgehead atoms. The quantitative estimate of drug-likeness (QED) is 0.767. The third-order valence-corrected chi connectivity index (χ3v) is 6.39. The van der Waals surface area contributed by atoms with Gasteiger partial charge >= 0.3 is 0 Å². The van der Waals surface area contributed by atoms with E-state index in [1.54, 1.807) is 4.90 Å². The summed E-state index contributed by atoms with van der Waals surface area (Å²) >= 11 is 0. The maximum Gasteiger partial charge on any atom is 0.242 e. The molecule has 0 radical (unpaired) electrons. The number of hydrogen-bond acceptors (Lipinski definition) is 4. The minimum Gasteiger partial charge on any atom is -0.337 e. The summed E-state index contributed by atoms with van der Waals surface area (Å²) in [7, 11) is -3.06. The molecule has 138 valence electrons. The maximum absolute atomic E-state index is 12.7. The molecule has 0 N–H and O–H groups in total. The zero-order chi connectivity index (χ0) is 18.6. The molecular formula is C18H26N2O4S. The number of rotatable bonds is 6. The molecule has 0 saturated carbocycles. The fraction of sp³-hybridized carbons (Fsp3) is 0.556. The van der Waals surface area contributed by atoms with Crippen molar-refractivity contribution in [1.29, 1.82) is 0 Å². The van der Waals surface area contributed by atoms with Gasteiger partial charge in [0.05, 0.1) is 11.5 Å². The van der Waals surface area contributed by atoms with E-state index in [1.165, 1.54) is 11.8 Å². The van der Waals surface area contributed by atoms with Gasteiger partial charge in [0, 0.05) is 25.2 Å². The van der Waals surface area contributed by atoms with Crippen molar-refractivity contribution in [3.63, 3.8) is 0 Å². The monoisotopic (exact) mass is 366 g/mol. The molecule has 1 heterocycles. The molecule has 1 unspecified atom stereocenters. The third-order valence-electron chi connectivity index (χ3n) is 4.64. The molecule has 6 nitrogen and oxygen atoms in total.